The lowest BCUT2D eigenvalue weighted by atomic mass is 10.0. The third-order valence-electron chi connectivity index (χ3n) is 3.29. The smallest absolute Gasteiger partial charge is 0.258 e. The van der Waals surface area contributed by atoms with Crippen LogP contribution in [0.15, 0.2) is 18.2 Å². The molecule has 0 aliphatic rings. The lowest BCUT2D eigenvalue weighted by molar-refractivity contribution is -0.124. The standard InChI is InChI=1S/C16H25NO3/c1-11(2)14(7-8-18)17-16(19)10-20-15-9-12(3)5-6-13(15)4/h5-6,9,11,14,18H,7-8,10H2,1-4H3,(H,17,19). The van der Waals surface area contributed by atoms with Crippen molar-refractivity contribution in [3.8, 4) is 5.75 Å². The third kappa shape index (κ3) is 5.21. The Kier molecular flexibility index (Phi) is 6.52. The van der Waals surface area contributed by atoms with Crippen LogP contribution in [-0.2, 0) is 4.79 Å². The van der Waals surface area contributed by atoms with E-state index < -0.39 is 0 Å². The van der Waals surface area contributed by atoms with Crippen LogP contribution in [0.5, 0.6) is 5.75 Å². The molecular weight excluding hydrogens is 254 g/mol. The molecule has 0 aliphatic carbocycles. The molecule has 0 fully saturated rings. The molecule has 0 aliphatic heterocycles. The topological polar surface area (TPSA) is 58.6 Å². The number of carbonyl (C=O) groups excluding carboxylic acids is 1. The largest absolute Gasteiger partial charge is 0.483 e. The van der Waals surface area contributed by atoms with Crippen molar-refractivity contribution >= 4 is 5.91 Å². The fraction of sp³-hybridized carbons (Fsp3) is 0.562. The van der Waals surface area contributed by atoms with E-state index in [0.717, 1.165) is 16.9 Å². The maximum atomic E-state index is 11.9. The van der Waals surface area contributed by atoms with Gasteiger partial charge in [0.15, 0.2) is 6.61 Å². The van der Waals surface area contributed by atoms with E-state index in [9.17, 15) is 4.79 Å². The molecule has 4 heteroatoms. The molecule has 1 unspecified atom stereocenters. The molecule has 1 amide bonds. The number of amides is 1. The van der Waals surface area contributed by atoms with Crippen molar-refractivity contribution in [1.82, 2.24) is 5.32 Å². The summed E-state index contributed by atoms with van der Waals surface area (Å²) in [5, 5.41) is 11.9. The summed E-state index contributed by atoms with van der Waals surface area (Å²) in [4.78, 5) is 11.9. The third-order valence-corrected chi connectivity index (χ3v) is 3.29. The highest BCUT2D eigenvalue weighted by molar-refractivity contribution is 5.77. The minimum absolute atomic E-state index is 0.00105. The molecule has 20 heavy (non-hydrogen) atoms. The number of hydrogen-bond donors (Lipinski definition) is 2. The van der Waals surface area contributed by atoms with E-state index in [2.05, 4.69) is 5.32 Å². The predicted molar refractivity (Wildman–Crippen MR) is 79.9 cm³/mol. The Morgan fingerprint density at radius 2 is 2.05 bits per heavy atom. The summed E-state index contributed by atoms with van der Waals surface area (Å²) in [6.45, 7) is 8.05. The van der Waals surface area contributed by atoms with E-state index in [0.29, 0.717) is 6.42 Å². The SMILES string of the molecule is Cc1ccc(C)c(OCC(=O)NC(CCO)C(C)C)c1. The molecule has 2 N–H and O–H groups in total. The van der Waals surface area contributed by atoms with E-state index in [-0.39, 0.29) is 31.1 Å². The number of rotatable bonds is 7. The molecular formula is C16H25NO3. The molecule has 1 atom stereocenters. The zero-order valence-electron chi connectivity index (χ0n) is 12.8. The van der Waals surface area contributed by atoms with Crippen LogP contribution in [0, 0.1) is 19.8 Å². The van der Waals surface area contributed by atoms with Gasteiger partial charge in [-0.05, 0) is 43.4 Å². The van der Waals surface area contributed by atoms with Crippen LogP contribution in [-0.4, -0.2) is 30.3 Å². The predicted octanol–water partition coefficient (Wildman–Crippen LogP) is 2.21. The van der Waals surface area contributed by atoms with Crippen LogP contribution < -0.4 is 10.1 Å². The molecule has 0 heterocycles. The molecule has 1 aromatic carbocycles. The molecule has 112 valence electrons. The second kappa shape index (κ2) is 7.90. The first-order chi connectivity index (χ1) is 9.43. The Morgan fingerprint density at radius 3 is 2.65 bits per heavy atom. The van der Waals surface area contributed by atoms with Gasteiger partial charge >= 0.3 is 0 Å². The number of aliphatic hydroxyl groups is 1. The van der Waals surface area contributed by atoms with E-state index >= 15 is 0 Å². The van der Waals surface area contributed by atoms with E-state index in [1.807, 2.05) is 45.9 Å². The quantitative estimate of drug-likeness (QED) is 0.804. The Bertz CT molecular complexity index is 443. The first-order valence-corrected chi connectivity index (χ1v) is 7.04. The lowest BCUT2D eigenvalue weighted by Crippen LogP contribution is -2.41. The van der Waals surface area contributed by atoms with Crippen LogP contribution in [0.25, 0.3) is 0 Å². The maximum absolute atomic E-state index is 11.9. The van der Waals surface area contributed by atoms with Gasteiger partial charge in [-0.3, -0.25) is 4.79 Å². The summed E-state index contributed by atoms with van der Waals surface area (Å²) in [6.07, 6.45) is 0.562. The summed E-state index contributed by atoms with van der Waals surface area (Å²) in [5.41, 5.74) is 2.12. The molecule has 0 saturated carbocycles. The maximum Gasteiger partial charge on any atom is 0.258 e. The van der Waals surface area contributed by atoms with Crippen LogP contribution in [0.1, 0.15) is 31.4 Å². The number of nitrogens with one attached hydrogen (secondary N) is 1. The summed E-state index contributed by atoms with van der Waals surface area (Å²) in [6, 6.07) is 5.90. The second-order valence-electron chi connectivity index (χ2n) is 5.49. The Hall–Kier alpha value is -1.55. The van der Waals surface area contributed by atoms with Gasteiger partial charge in [0, 0.05) is 12.6 Å². The monoisotopic (exact) mass is 279 g/mol. The number of aliphatic hydroxyl groups excluding tert-OH is 1. The Balaban J connectivity index is 2.52. The number of carbonyl (C=O) groups is 1. The van der Waals surface area contributed by atoms with Gasteiger partial charge in [-0.2, -0.15) is 0 Å². The number of hydrogen-bond acceptors (Lipinski definition) is 3. The van der Waals surface area contributed by atoms with Gasteiger partial charge in [-0.25, -0.2) is 0 Å². The van der Waals surface area contributed by atoms with Crippen LogP contribution in [0.2, 0.25) is 0 Å². The van der Waals surface area contributed by atoms with E-state index in [1.165, 1.54) is 0 Å². The Morgan fingerprint density at radius 1 is 1.35 bits per heavy atom. The van der Waals surface area contributed by atoms with Gasteiger partial charge in [0.1, 0.15) is 5.75 Å². The number of ether oxygens (including phenoxy) is 1. The van der Waals surface area contributed by atoms with Crippen LogP contribution >= 0.6 is 0 Å². The first-order valence-electron chi connectivity index (χ1n) is 7.04. The molecule has 0 saturated heterocycles. The number of benzene rings is 1. The molecule has 4 nitrogen and oxygen atoms in total. The second-order valence-corrected chi connectivity index (χ2v) is 5.49. The van der Waals surface area contributed by atoms with E-state index in [4.69, 9.17) is 9.84 Å². The van der Waals surface area contributed by atoms with Crippen molar-refractivity contribution in [1.29, 1.82) is 0 Å². The van der Waals surface area contributed by atoms with Crippen molar-refractivity contribution in [2.45, 2.75) is 40.2 Å². The highest BCUT2D eigenvalue weighted by Gasteiger charge is 2.16. The summed E-state index contributed by atoms with van der Waals surface area (Å²) in [7, 11) is 0. The molecule has 0 spiro atoms. The minimum Gasteiger partial charge on any atom is -0.483 e. The fourth-order valence-corrected chi connectivity index (χ4v) is 1.97. The summed E-state index contributed by atoms with van der Waals surface area (Å²) in [5.74, 6) is 0.869. The van der Waals surface area contributed by atoms with Crippen molar-refractivity contribution in [2.24, 2.45) is 5.92 Å². The van der Waals surface area contributed by atoms with Gasteiger partial charge in [-0.15, -0.1) is 0 Å². The van der Waals surface area contributed by atoms with Gasteiger partial charge in [-0.1, -0.05) is 26.0 Å². The van der Waals surface area contributed by atoms with Crippen molar-refractivity contribution < 1.29 is 14.6 Å². The average molecular weight is 279 g/mol. The van der Waals surface area contributed by atoms with Crippen LogP contribution in [0.4, 0.5) is 0 Å². The summed E-state index contributed by atoms with van der Waals surface area (Å²) >= 11 is 0. The zero-order chi connectivity index (χ0) is 15.1. The Labute approximate surface area is 121 Å². The van der Waals surface area contributed by atoms with Crippen molar-refractivity contribution in [2.75, 3.05) is 13.2 Å². The van der Waals surface area contributed by atoms with Crippen molar-refractivity contribution in [3.63, 3.8) is 0 Å². The highest BCUT2D eigenvalue weighted by Crippen LogP contribution is 2.18. The molecule has 0 radical (unpaired) electrons. The molecule has 1 rings (SSSR count). The van der Waals surface area contributed by atoms with Gasteiger partial charge in [0.25, 0.3) is 5.91 Å². The van der Waals surface area contributed by atoms with Crippen LogP contribution in [0.3, 0.4) is 0 Å². The minimum atomic E-state index is -0.155. The molecule has 1 aromatic rings. The fourth-order valence-electron chi connectivity index (χ4n) is 1.97. The highest BCUT2D eigenvalue weighted by atomic mass is 16.5. The average Bonchev–Trinajstić information content (AvgIpc) is 2.39. The summed E-state index contributed by atoms with van der Waals surface area (Å²) < 4.78 is 5.56. The zero-order valence-corrected chi connectivity index (χ0v) is 12.8. The van der Waals surface area contributed by atoms with Gasteiger partial charge < -0.3 is 15.2 Å². The molecule has 0 bridgehead atoms. The first kappa shape index (κ1) is 16.5. The molecule has 0 aromatic heterocycles. The number of aryl methyl sites for hydroxylation is 2. The van der Waals surface area contributed by atoms with Crippen molar-refractivity contribution in [3.05, 3.63) is 29.3 Å². The normalized spacial score (nSPS) is 12.3. The van der Waals surface area contributed by atoms with Gasteiger partial charge in [0.05, 0.1) is 0 Å². The lowest BCUT2D eigenvalue weighted by Gasteiger charge is -2.21. The van der Waals surface area contributed by atoms with E-state index in [1.54, 1.807) is 0 Å². The van der Waals surface area contributed by atoms with Gasteiger partial charge in [0.2, 0.25) is 0 Å².